The molecule has 4 nitrogen and oxygen atoms in total. The number of hydrogen-bond donors (Lipinski definition) is 1. The zero-order valence-corrected chi connectivity index (χ0v) is 10.1. The molecule has 0 amide bonds. The quantitative estimate of drug-likeness (QED) is 0.760. The second-order valence-corrected chi connectivity index (χ2v) is 5.18. The lowest BCUT2D eigenvalue weighted by Crippen LogP contribution is -2.48. The Labute approximate surface area is 97.2 Å². The molecule has 1 heterocycles. The zero-order valence-electron chi connectivity index (χ0n) is 10.1. The van der Waals surface area contributed by atoms with Crippen LogP contribution in [0.15, 0.2) is 0 Å². The van der Waals surface area contributed by atoms with Gasteiger partial charge in [0.1, 0.15) is 0 Å². The fourth-order valence-corrected chi connectivity index (χ4v) is 2.65. The number of likely N-dealkylation sites (tertiary alicyclic amines) is 1. The first-order valence-corrected chi connectivity index (χ1v) is 6.33. The maximum atomic E-state index is 10.8. The molecule has 1 atom stereocenters. The van der Waals surface area contributed by atoms with E-state index >= 15 is 0 Å². The molecule has 1 aliphatic heterocycles. The number of carbonyl (C=O) groups is 1. The maximum Gasteiger partial charge on any atom is 0.317 e. The van der Waals surface area contributed by atoms with Crippen molar-refractivity contribution in [1.82, 2.24) is 9.80 Å². The largest absolute Gasteiger partial charge is 0.480 e. The Bertz CT molecular complexity index is 253. The molecule has 4 heteroatoms. The topological polar surface area (TPSA) is 43.8 Å². The number of piperidine rings is 1. The van der Waals surface area contributed by atoms with Crippen molar-refractivity contribution in [3.8, 4) is 0 Å². The van der Waals surface area contributed by atoms with Gasteiger partial charge in [-0.2, -0.15) is 0 Å². The SMILES string of the molecule is CN(CC1CCCCN1CC(=O)O)C1CC1. The normalized spacial score (nSPS) is 27.2. The van der Waals surface area contributed by atoms with Crippen LogP contribution in [0.1, 0.15) is 32.1 Å². The predicted molar refractivity (Wildman–Crippen MR) is 62.5 cm³/mol. The average molecular weight is 226 g/mol. The summed E-state index contributed by atoms with van der Waals surface area (Å²) in [5, 5.41) is 8.88. The predicted octanol–water partition coefficient (Wildman–Crippen LogP) is 1.02. The number of nitrogens with zero attached hydrogens (tertiary/aromatic N) is 2. The highest BCUT2D eigenvalue weighted by atomic mass is 16.4. The lowest BCUT2D eigenvalue weighted by atomic mass is 10.0. The molecule has 1 aliphatic carbocycles. The molecule has 92 valence electrons. The van der Waals surface area contributed by atoms with E-state index in [0.29, 0.717) is 6.04 Å². The van der Waals surface area contributed by atoms with Crippen LogP contribution in [0.5, 0.6) is 0 Å². The Balaban J connectivity index is 1.85. The molecule has 0 radical (unpaired) electrons. The molecule has 2 fully saturated rings. The summed E-state index contributed by atoms with van der Waals surface area (Å²) in [4.78, 5) is 15.3. The van der Waals surface area contributed by atoms with E-state index in [-0.39, 0.29) is 6.54 Å². The first kappa shape index (κ1) is 11.9. The minimum atomic E-state index is -0.694. The molecule has 1 N–H and O–H groups in total. The van der Waals surface area contributed by atoms with E-state index in [2.05, 4.69) is 16.8 Å². The molecule has 1 saturated heterocycles. The average Bonchev–Trinajstić information content (AvgIpc) is 3.03. The molecule has 16 heavy (non-hydrogen) atoms. The minimum absolute atomic E-state index is 0.211. The van der Waals surface area contributed by atoms with Gasteiger partial charge in [-0.25, -0.2) is 0 Å². The maximum absolute atomic E-state index is 10.8. The van der Waals surface area contributed by atoms with Crippen molar-refractivity contribution in [3.63, 3.8) is 0 Å². The van der Waals surface area contributed by atoms with Gasteiger partial charge in [0.25, 0.3) is 0 Å². The lowest BCUT2D eigenvalue weighted by molar-refractivity contribution is -0.139. The van der Waals surface area contributed by atoms with Gasteiger partial charge in [0.15, 0.2) is 0 Å². The Morgan fingerprint density at radius 1 is 1.38 bits per heavy atom. The van der Waals surface area contributed by atoms with Gasteiger partial charge in [0, 0.05) is 18.6 Å². The van der Waals surface area contributed by atoms with E-state index in [9.17, 15) is 4.79 Å². The van der Waals surface area contributed by atoms with Gasteiger partial charge in [0.05, 0.1) is 6.54 Å². The Morgan fingerprint density at radius 3 is 2.75 bits per heavy atom. The van der Waals surface area contributed by atoms with Crippen molar-refractivity contribution in [2.75, 3.05) is 26.7 Å². The van der Waals surface area contributed by atoms with Gasteiger partial charge in [-0.05, 0) is 39.3 Å². The Morgan fingerprint density at radius 2 is 2.12 bits per heavy atom. The molecule has 0 aromatic rings. The van der Waals surface area contributed by atoms with Crippen molar-refractivity contribution in [3.05, 3.63) is 0 Å². The number of likely N-dealkylation sites (N-methyl/N-ethyl adjacent to an activating group) is 1. The molecule has 2 aliphatic rings. The summed E-state index contributed by atoms with van der Waals surface area (Å²) in [6, 6.07) is 1.23. The monoisotopic (exact) mass is 226 g/mol. The van der Waals surface area contributed by atoms with E-state index in [0.717, 1.165) is 32.0 Å². The number of carboxylic acids is 1. The fraction of sp³-hybridized carbons (Fsp3) is 0.917. The number of hydrogen-bond acceptors (Lipinski definition) is 3. The second kappa shape index (κ2) is 5.15. The van der Waals surface area contributed by atoms with E-state index in [1.807, 2.05) is 0 Å². The summed E-state index contributed by atoms with van der Waals surface area (Å²) in [6.07, 6.45) is 6.20. The van der Waals surface area contributed by atoms with E-state index in [1.54, 1.807) is 0 Å². The molecule has 0 aromatic heterocycles. The van der Waals surface area contributed by atoms with Crippen molar-refractivity contribution in [2.24, 2.45) is 0 Å². The molecular weight excluding hydrogens is 204 g/mol. The van der Waals surface area contributed by atoms with Gasteiger partial charge in [-0.1, -0.05) is 6.42 Å². The standard InChI is InChI=1S/C12H22N2O2/c1-13(10-5-6-10)8-11-4-2-3-7-14(11)9-12(15)16/h10-11H,2-9H2,1H3,(H,15,16). The highest BCUT2D eigenvalue weighted by Gasteiger charge is 2.31. The molecule has 1 saturated carbocycles. The van der Waals surface area contributed by atoms with E-state index in [4.69, 9.17) is 5.11 Å². The van der Waals surface area contributed by atoms with Crippen molar-refractivity contribution >= 4 is 5.97 Å². The fourth-order valence-electron chi connectivity index (χ4n) is 2.65. The van der Waals surface area contributed by atoms with Gasteiger partial charge in [-0.15, -0.1) is 0 Å². The number of carboxylic acid groups (broad SMARTS) is 1. The van der Waals surface area contributed by atoms with Gasteiger partial charge < -0.3 is 10.0 Å². The first-order valence-electron chi connectivity index (χ1n) is 6.33. The molecule has 0 bridgehead atoms. The summed E-state index contributed by atoms with van der Waals surface area (Å²) in [7, 11) is 2.17. The van der Waals surface area contributed by atoms with Gasteiger partial charge in [-0.3, -0.25) is 9.69 Å². The minimum Gasteiger partial charge on any atom is -0.480 e. The lowest BCUT2D eigenvalue weighted by Gasteiger charge is -2.36. The number of rotatable bonds is 5. The van der Waals surface area contributed by atoms with Crippen molar-refractivity contribution < 1.29 is 9.90 Å². The molecule has 2 rings (SSSR count). The highest BCUT2D eigenvalue weighted by molar-refractivity contribution is 5.69. The second-order valence-electron chi connectivity index (χ2n) is 5.18. The highest BCUT2D eigenvalue weighted by Crippen LogP contribution is 2.27. The van der Waals surface area contributed by atoms with Gasteiger partial charge in [0.2, 0.25) is 0 Å². The van der Waals surface area contributed by atoms with Crippen LogP contribution in [-0.2, 0) is 4.79 Å². The van der Waals surface area contributed by atoms with E-state index in [1.165, 1.54) is 19.3 Å². The smallest absolute Gasteiger partial charge is 0.317 e. The third-order valence-electron chi connectivity index (χ3n) is 3.76. The summed E-state index contributed by atoms with van der Waals surface area (Å²) in [6.45, 7) is 2.20. The van der Waals surface area contributed by atoms with Crippen LogP contribution in [0.25, 0.3) is 0 Å². The van der Waals surface area contributed by atoms with Crippen LogP contribution in [0, 0.1) is 0 Å². The molecule has 1 unspecified atom stereocenters. The first-order chi connectivity index (χ1) is 7.66. The zero-order chi connectivity index (χ0) is 11.5. The van der Waals surface area contributed by atoms with Crippen LogP contribution in [-0.4, -0.2) is 59.6 Å². The molecule has 0 aromatic carbocycles. The van der Waals surface area contributed by atoms with Gasteiger partial charge >= 0.3 is 5.97 Å². The molecular formula is C12H22N2O2. The summed E-state index contributed by atoms with van der Waals surface area (Å²) < 4.78 is 0. The van der Waals surface area contributed by atoms with Crippen LogP contribution in [0.3, 0.4) is 0 Å². The third kappa shape index (κ3) is 3.19. The summed E-state index contributed by atoms with van der Waals surface area (Å²) in [5.41, 5.74) is 0. The van der Waals surface area contributed by atoms with Crippen LogP contribution < -0.4 is 0 Å². The Kier molecular flexibility index (Phi) is 3.82. The Hall–Kier alpha value is -0.610. The van der Waals surface area contributed by atoms with Crippen LogP contribution in [0.2, 0.25) is 0 Å². The van der Waals surface area contributed by atoms with Crippen LogP contribution in [0.4, 0.5) is 0 Å². The third-order valence-corrected chi connectivity index (χ3v) is 3.76. The summed E-state index contributed by atoms with van der Waals surface area (Å²) in [5.74, 6) is -0.694. The van der Waals surface area contributed by atoms with Crippen molar-refractivity contribution in [2.45, 2.75) is 44.2 Å². The van der Waals surface area contributed by atoms with E-state index < -0.39 is 5.97 Å². The number of aliphatic carboxylic acids is 1. The van der Waals surface area contributed by atoms with Crippen LogP contribution >= 0.6 is 0 Å². The molecule has 0 spiro atoms. The van der Waals surface area contributed by atoms with Crippen molar-refractivity contribution in [1.29, 1.82) is 0 Å². The summed E-state index contributed by atoms with van der Waals surface area (Å²) >= 11 is 0.